The predicted octanol–water partition coefficient (Wildman–Crippen LogP) is 3.94. The number of nitrogens with two attached hydrogens (primary N) is 1. The molecule has 0 fully saturated rings. The van der Waals surface area contributed by atoms with Gasteiger partial charge in [-0.25, -0.2) is 8.78 Å². The van der Waals surface area contributed by atoms with Gasteiger partial charge in [0.15, 0.2) is 11.6 Å². The van der Waals surface area contributed by atoms with Crippen molar-refractivity contribution in [1.82, 2.24) is 0 Å². The van der Waals surface area contributed by atoms with Gasteiger partial charge in [0.05, 0.1) is 0 Å². The van der Waals surface area contributed by atoms with Crippen LogP contribution in [-0.2, 0) is 6.61 Å². The second-order valence-electron chi connectivity index (χ2n) is 4.08. The lowest BCUT2D eigenvalue weighted by molar-refractivity contribution is 0.289. The highest BCUT2D eigenvalue weighted by atomic mass is 79.9. The number of halogens is 3. The van der Waals surface area contributed by atoms with Gasteiger partial charge in [0.2, 0.25) is 0 Å². The van der Waals surface area contributed by atoms with E-state index in [0.29, 0.717) is 15.6 Å². The molecule has 0 aliphatic heterocycles. The molecule has 0 aliphatic rings. The Morgan fingerprint density at radius 2 is 1.95 bits per heavy atom. The van der Waals surface area contributed by atoms with Crippen molar-refractivity contribution in [2.45, 2.75) is 6.61 Å². The monoisotopic (exact) mass is 357 g/mol. The Hall–Kier alpha value is -1.53. The van der Waals surface area contributed by atoms with E-state index in [0.717, 1.165) is 0 Å². The summed E-state index contributed by atoms with van der Waals surface area (Å²) in [6, 6.07) is 8.59. The summed E-state index contributed by atoms with van der Waals surface area (Å²) in [5.74, 6) is -0.870. The van der Waals surface area contributed by atoms with E-state index in [-0.39, 0.29) is 17.3 Å². The van der Waals surface area contributed by atoms with Gasteiger partial charge in [0, 0.05) is 10.0 Å². The summed E-state index contributed by atoms with van der Waals surface area (Å²) in [5, 5.41) is 0. The average molecular weight is 358 g/mol. The number of hydrogen-bond donors (Lipinski definition) is 1. The predicted molar refractivity (Wildman–Crippen MR) is 80.7 cm³/mol. The molecule has 2 N–H and O–H groups in total. The lowest BCUT2D eigenvalue weighted by Gasteiger charge is -2.09. The van der Waals surface area contributed by atoms with Crippen LogP contribution in [0, 0.1) is 11.6 Å². The van der Waals surface area contributed by atoms with E-state index in [1.807, 2.05) is 0 Å². The molecule has 2 nitrogen and oxygen atoms in total. The van der Waals surface area contributed by atoms with Crippen molar-refractivity contribution in [3.05, 3.63) is 63.6 Å². The third kappa shape index (κ3) is 3.74. The van der Waals surface area contributed by atoms with Crippen molar-refractivity contribution in [2.24, 2.45) is 5.73 Å². The standard InChI is InChI=1S/C14H10BrF2NOS/c15-10-1-2-13(12(17)6-10)19-7-8-3-9(14(18)20)5-11(16)4-8/h1-6H,7H2,(H2,18,20). The Bertz CT molecular complexity index is 664. The molecule has 2 aromatic rings. The average Bonchev–Trinajstić information content (AvgIpc) is 2.37. The molecular formula is C14H10BrF2NOS. The van der Waals surface area contributed by atoms with Crippen LogP contribution < -0.4 is 10.5 Å². The minimum atomic E-state index is -0.495. The molecule has 20 heavy (non-hydrogen) atoms. The van der Waals surface area contributed by atoms with Gasteiger partial charge in [-0.3, -0.25) is 0 Å². The lowest BCUT2D eigenvalue weighted by Crippen LogP contribution is -2.10. The topological polar surface area (TPSA) is 35.2 Å². The summed E-state index contributed by atoms with van der Waals surface area (Å²) in [7, 11) is 0. The molecule has 0 spiro atoms. The first-order valence-corrected chi connectivity index (χ1v) is 6.83. The first-order chi connectivity index (χ1) is 9.45. The van der Waals surface area contributed by atoms with Crippen LogP contribution in [0.1, 0.15) is 11.1 Å². The third-order valence-electron chi connectivity index (χ3n) is 2.53. The quantitative estimate of drug-likeness (QED) is 0.841. The highest BCUT2D eigenvalue weighted by Gasteiger charge is 2.07. The van der Waals surface area contributed by atoms with Crippen molar-refractivity contribution in [1.29, 1.82) is 0 Å². The van der Waals surface area contributed by atoms with E-state index in [1.165, 1.54) is 24.3 Å². The van der Waals surface area contributed by atoms with Gasteiger partial charge in [0.25, 0.3) is 0 Å². The van der Waals surface area contributed by atoms with Gasteiger partial charge in [-0.1, -0.05) is 28.1 Å². The van der Waals surface area contributed by atoms with E-state index in [1.54, 1.807) is 12.1 Å². The fraction of sp³-hybridized carbons (Fsp3) is 0.0714. The van der Waals surface area contributed by atoms with Crippen LogP contribution in [0.5, 0.6) is 5.75 Å². The van der Waals surface area contributed by atoms with Crippen molar-refractivity contribution < 1.29 is 13.5 Å². The van der Waals surface area contributed by atoms with Crippen LogP contribution in [0.15, 0.2) is 40.9 Å². The van der Waals surface area contributed by atoms with E-state index in [2.05, 4.69) is 15.9 Å². The second-order valence-corrected chi connectivity index (χ2v) is 5.43. The third-order valence-corrected chi connectivity index (χ3v) is 3.26. The Labute approximate surface area is 128 Å². The van der Waals surface area contributed by atoms with E-state index < -0.39 is 11.6 Å². The van der Waals surface area contributed by atoms with Crippen LogP contribution in [-0.4, -0.2) is 4.99 Å². The first kappa shape index (κ1) is 14.9. The molecule has 2 aromatic carbocycles. The molecule has 0 saturated heterocycles. The van der Waals surface area contributed by atoms with Crippen molar-refractivity contribution in [3.63, 3.8) is 0 Å². The number of ether oxygens (including phenoxy) is 1. The molecular weight excluding hydrogens is 348 g/mol. The fourth-order valence-corrected chi connectivity index (χ4v) is 2.08. The molecule has 0 heterocycles. The summed E-state index contributed by atoms with van der Waals surface area (Å²) in [6.45, 7) is 0.0198. The molecule has 0 aromatic heterocycles. The zero-order valence-corrected chi connectivity index (χ0v) is 12.6. The lowest BCUT2D eigenvalue weighted by atomic mass is 10.1. The van der Waals surface area contributed by atoms with Crippen LogP contribution in [0.3, 0.4) is 0 Å². The summed E-state index contributed by atoms with van der Waals surface area (Å²) < 4.78 is 32.9. The zero-order valence-electron chi connectivity index (χ0n) is 10.2. The Morgan fingerprint density at radius 3 is 2.60 bits per heavy atom. The van der Waals surface area contributed by atoms with Gasteiger partial charge in [-0.2, -0.15) is 0 Å². The van der Waals surface area contributed by atoms with E-state index in [9.17, 15) is 8.78 Å². The Morgan fingerprint density at radius 1 is 1.20 bits per heavy atom. The van der Waals surface area contributed by atoms with Crippen LogP contribution >= 0.6 is 28.1 Å². The molecule has 0 atom stereocenters. The minimum absolute atomic E-state index is 0.0198. The molecule has 0 bridgehead atoms. The maximum Gasteiger partial charge on any atom is 0.166 e. The summed E-state index contributed by atoms with van der Waals surface area (Å²) in [4.78, 5) is 0.0978. The molecule has 0 saturated carbocycles. The molecule has 0 amide bonds. The summed E-state index contributed by atoms with van der Waals surface area (Å²) >= 11 is 7.95. The molecule has 0 radical (unpaired) electrons. The SMILES string of the molecule is NC(=S)c1cc(F)cc(COc2ccc(Br)cc2F)c1. The van der Waals surface area contributed by atoms with E-state index in [4.69, 9.17) is 22.7 Å². The van der Waals surface area contributed by atoms with Crippen LogP contribution in [0.4, 0.5) is 8.78 Å². The van der Waals surface area contributed by atoms with Crippen LogP contribution in [0.2, 0.25) is 0 Å². The highest BCUT2D eigenvalue weighted by Crippen LogP contribution is 2.22. The summed E-state index contributed by atoms with van der Waals surface area (Å²) in [5.41, 5.74) is 6.39. The molecule has 104 valence electrons. The summed E-state index contributed by atoms with van der Waals surface area (Å²) in [6.07, 6.45) is 0. The van der Waals surface area contributed by atoms with Gasteiger partial charge >= 0.3 is 0 Å². The fourth-order valence-electron chi connectivity index (χ4n) is 1.63. The number of thiocarbonyl (C=S) groups is 1. The van der Waals surface area contributed by atoms with Gasteiger partial charge in [-0.05, 0) is 42.0 Å². The highest BCUT2D eigenvalue weighted by molar-refractivity contribution is 9.10. The maximum atomic E-state index is 13.6. The first-order valence-electron chi connectivity index (χ1n) is 5.63. The second kappa shape index (κ2) is 6.28. The van der Waals surface area contributed by atoms with Crippen molar-refractivity contribution >= 4 is 33.1 Å². The number of benzene rings is 2. The molecule has 0 unspecified atom stereocenters. The smallest absolute Gasteiger partial charge is 0.166 e. The Balaban J connectivity index is 2.16. The van der Waals surface area contributed by atoms with Gasteiger partial charge < -0.3 is 10.5 Å². The van der Waals surface area contributed by atoms with Crippen LogP contribution in [0.25, 0.3) is 0 Å². The molecule has 2 rings (SSSR count). The normalized spacial score (nSPS) is 10.3. The van der Waals surface area contributed by atoms with E-state index >= 15 is 0 Å². The molecule has 0 aliphatic carbocycles. The molecule has 6 heteroatoms. The van der Waals surface area contributed by atoms with Crippen molar-refractivity contribution in [2.75, 3.05) is 0 Å². The van der Waals surface area contributed by atoms with Crippen molar-refractivity contribution in [3.8, 4) is 5.75 Å². The van der Waals surface area contributed by atoms with Gasteiger partial charge in [-0.15, -0.1) is 0 Å². The largest absolute Gasteiger partial charge is 0.486 e. The maximum absolute atomic E-state index is 13.6. The van der Waals surface area contributed by atoms with Gasteiger partial charge in [0.1, 0.15) is 17.4 Å². The number of rotatable bonds is 4. The number of hydrogen-bond acceptors (Lipinski definition) is 2. The zero-order chi connectivity index (χ0) is 14.7. The minimum Gasteiger partial charge on any atom is -0.486 e. The Kier molecular flexibility index (Phi) is 4.67.